The molecule has 0 bridgehead atoms. The van der Waals surface area contributed by atoms with Crippen molar-refractivity contribution in [1.29, 1.82) is 0 Å². The van der Waals surface area contributed by atoms with E-state index in [0.717, 1.165) is 17.1 Å². The lowest BCUT2D eigenvalue weighted by Gasteiger charge is -2.27. The molecule has 1 heterocycles. The first-order chi connectivity index (χ1) is 13.2. The molecule has 1 aliphatic rings. The summed E-state index contributed by atoms with van der Waals surface area (Å²) in [4.78, 5) is 15.0. The number of halogens is 1. The maximum absolute atomic E-state index is 10.9. The Balaban J connectivity index is 0.00000280. The second kappa shape index (κ2) is 10.7. The van der Waals surface area contributed by atoms with Crippen LogP contribution in [0.2, 0.25) is 0 Å². The molecular formula is C19H23IN4O4. The predicted molar refractivity (Wildman–Crippen MR) is 118 cm³/mol. The fourth-order valence-electron chi connectivity index (χ4n) is 2.65. The van der Waals surface area contributed by atoms with Crippen LogP contribution in [0.25, 0.3) is 0 Å². The highest BCUT2D eigenvalue weighted by Crippen LogP contribution is 2.30. The third-order valence-electron chi connectivity index (χ3n) is 3.95. The van der Waals surface area contributed by atoms with Crippen LogP contribution in [0.4, 0.5) is 5.69 Å². The molecule has 0 fully saturated rings. The summed E-state index contributed by atoms with van der Waals surface area (Å²) in [6.45, 7) is 3.98. The average Bonchev–Trinajstić information content (AvgIpc) is 2.70. The van der Waals surface area contributed by atoms with Gasteiger partial charge in [0.2, 0.25) is 0 Å². The van der Waals surface area contributed by atoms with Crippen molar-refractivity contribution in [3.8, 4) is 11.5 Å². The van der Waals surface area contributed by atoms with Crippen LogP contribution in [0.15, 0.2) is 53.5 Å². The lowest BCUT2D eigenvalue weighted by molar-refractivity contribution is -0.384. The standard InChI is InChI=1S/C19H22N4O4.HI/c1-2-20-19(21-11-14-6-5-7-15(10-14)23(24)25)22-12-16-13-26-17-8-3-4-9-18(17)27-16;/h3-10,16H,2,11-13H2,1H3,(H2,20,21,22);1H. The van der Waals surface area contributed by atoms with E-state index < -0.39 is 4.92 Å². The summed E-state index contributed by atoms with van der Waals surface area (Å²) < 4.78 is 11.6. The zero-order chi connectivity index (χ0) is 19.1. The number of nitro groups is 1. The van der Waals surface area contributed by atoms with Crippen molar-refractivity contribution in [3.05, 3.63) is 64.2 Å². The number of para-hydroxylation sites is 2. The number of hydrogen-bond donors (Lipinski definition) is 2. The minimum atomic E-state index is -0.408. The summed E-state index contributed by atoms with van der Waals surface area (Å²) in [5.41, 5.74) is 0.833. The first kappa shape index (κ1) is 21.7. The van der Waals surface area contributed by atoms with Gasteiger partial charge in [-0.25, -0.2) is 4.99 Å². The highest BCUT2D eigenvalue weighted by atomic mass is 127. The van der Waals surface area contributed by atoms with Crippen LogP contribution in [0.5, 0.6) is 11.5 Å². The summed E-state index contributed by atoms with van der Waals surface area (Å²) >= 11 is 0. The van der Waals surface area contributed by atoms with Crippen LogP contribution in [-0.4, -0.2) is 36.7 Å². The number of nitrogens with one attached hydrogen (secondary N) is 2. The Labute approximate surface area is 180 Å². The third kappa shape index (κ3) is 5.98. The number of benzene rings is 2. The van der Waals surface area contributed by atoms with Crippen molar-refractivity contribution < 1.29 is 14.4 Å². The van der Waals surface area contributed by atoms with Gasteiger partial charge in [-0.1, -0.05) is 24.3 Å². The molecule has 0 aliphatic carbocycles. The van der Waals surface area contributed by atoms with Crippen molar-refractivity contribution in [2.24, 2.45) is 4.99 Å². The van der Waals surface area contributed by atoms with Crippen LogP contribution < -0.4 is 20.1 Å². The van der Waals surface area contributed by atoms with E-state index in [9.17, 15) is 10.1 Å². The SMILES string of the molecule is CCNC(=NCc1cccc([N+](=O)[O-])c1)NCC1COc2ccccc2O1.I. The van der Waals surface area contributed by atoms with E-state index in [1.807, 2.05) is 37.3 Å². The Morgan fingerprint density at radius 2 is 2.00 bits per heavy atom. The van der Waals surface area contributed by atoms with Crippen molar-refractivity contribution in [2.75, 3.05) is 19.7 Å². The van der Waals surface area contributed by atoms with Crippen LogP contribution >= 0.6 is 24.0 Å². The number of guanidine groups is 1. The summed E-state index contributed by atoms with van der Waals surface area (Å²) in [6, 6.07) is 14.0. The highest BCUT2D eigenvalue weighted by Gasteiger charge is 2.20. The smallest absolute Gasteiger partial charge is 0.269 e. The molecule has 0 amide bonds. The molecule has 28 heavy (non-hydrogen) atoms. The maximum Gasteiger partial charge on any atom is 0.269 e. The van der Waals surface area contributed by atoms with Gasteiger partial charge in [-0.2, -0.15) is 0 Å². The number of hydrogen-bond acceptors (Lipinski definition) is 5. The van der Waals surface area contributed by atoms with Gasteiger partial charge in [0, 0.05) is 18.7 Å². The zero-order valence-electron chi connectivity index (χ0n) is 15.5. The molecule has 1 unspecified atom stereocenters. The number of nitrogens with zero attached hydrogens (tertiary/aromatic N) is 2. The molecule has 9 heteroatoms. The molecule has 1 aliphatic heterocycles. The Bertz CT molecular complexity index is 831. The molecule has 150 valence electrons. The molecule has 2 aromatic carbocycles. The Morgan fingerprint density at radius 3 is 2.75 bits per heavy atom. The number of aliphatic imine (C=N–C) groups is 1. The summed E-state index contributed by atoms with van der Waals surface area (Å²) in [7, 11) is 0. The molecule has 0 saturated carbocycles. The third-order valence-corrected chi connectivity index (χ3v) is 3.95. The second-order valence-electron chi connectivity index (χ2n) is 6.00. The fourth-order valence-corrected chi connectivity index (χ4v) is 2.65. The van der Waals surface area contributed by atoms with E-state index in [4.69, 9.17) is 9.47 Å². The molecule has 1 atom stereocenters. The van der Waals surface area contributed by atoms with Crippen LogP contribution in [-0.2, 0) is 6.54 Å². The van der Waals surface area contributed by atoms with Gasteiger partial charge in [-0.05, 0) is 24.6 Å². The van der Waals surface area contributed by atoms with Crippen molar-refractivity contribution in [2.45, 2.75) is 19.6 Å². The molecule has 8 nitrogen and oxygen atoms in total. The van der Waals surface area contributed by atoms with Gasteiger partial charge in [0.15, 0.2) is 17.5 Å². The monoisotopic (exact) mass is 498 g/mol. The van der Waals surface area contributed by atoms with E-state index in [1.54, 1.807) is 6.07 Å². The molecule has 0 spiro atoms. The number of rotatable bonds is 6. The molecule has 0 aromatic heterocycles. The van der Waals surface area contributed by atoms with E-state index in [1.165, 1.54) is 12.1 Å². The molecule has 3 rings (SSSR count). The molecular weight excluding hydrogens is 475 g/mol. The van der Waals surface area contributed by atoms with Gasteiger partial charge < -0.3 is 20.1 Å². The number of fused-ring (bicyclic) bond motifs is 1. The first-order valence-corrected chi connectivity index (χ1v) is 8.79. The molecule has 2 N–H and O–H groups in total. The highest BCUT2D eigenvalue weighted by molar-refractivity contribution is 14.0. The maximum atomic E-state index is 10.9. The van der Waals surface area contributed by atoms with Crippen molar-refractivity contribution >= 4 is 35.6 Å². The van der Waals surface area contributed by atoms with Gasteiger partial charge in [0.25, 0.3) is 5.69 Å². The van der Waals surface area contributed by atoms with Gasteiger partial charge in [-0.15, -0.1) is 24.0 Å². The summed E-state index contributed by atoms with van der Waals surface area (Å²) in [5.74, 6) is 2.10. The van der Waals surface area contributed by atoms with E-state index in [2.05, 4.69) is 15.6 Å². The van der Waals surface area contributed by atoms with Gasteiger partial charge in [-0.3, -0.25) is 10.1 Å². The van der Waals surface area contributed by atoms with E-state index >= 15 is 0 Å². The van der Waals surface area contributed by atoms with Gasteiger partial charge in [0.1, 0.15) is 12.7 Å². The lowest BCUT2D eigenvalue weighted by Crippen LogP contribution is -2.45. The molecule has 0 saturated heterocycles. The second-order valence-corrected chi connectivity index (χ2v) is 6.00. The Hall–Kier alpha value is -2.56. The van der Waals surface area contributed by atoms with Crippen LogP contribution in [0.1, 0.15) is 12.5 Å². The number of non-ortho nitro benzene ring substituents is 1. The largest absolute Gasteiger partial charge is 0.486 e. The quantitative estimate of drug-likeness (QED) is 0.209. The van der Waals surface area contributed by atoms with E-state index in [0.29, 0.717) is 32.2 Å². The Kier molecular flexibility index (Phi) is 8.30. The van der Waals surface area contributed by atoms with Crippen molar-refractivity contribution in [3.63, 3.8) is 0 Å². The number of ether oxygens (including phenoxy) is 2. The normalized spacial score (nSPS) is 15.3. The lowest BCUT2D eigenvalue weighted by atomic mass is 10.2. The topological polar surface area (TPSA) is 98.0 Å². The van der Waals surface area contributed by atoms with E-state index in [-0.39, 0.29) is 35.8 Å². The first-order valence-electron chi connectivity index (χ1n) is 8.79. The zero-order valence-corrected chi connectivity index (χ0v) is 17.8. The van der Waals surface area contributed by atoms with Gasteiger partial charge >= 0.3 is 0 Å². The van der Waals surface area contributed by atoms with Gasteiger partial charge in [0.05, 0.1) is 18.0 Å². The summed E-state index contributed by atoms with van der Waals surface area (Å²) in [6.07, 6.45) is -0.137. The fraction of sp³-hybridized carbons (Fsp3) is 0.316. The predicted octanol–water partition coefficient (Wildman–Crippen LogP) is 3.11. The minimum absolute atomic E-state index is 0. The number of nitro benzene ring substituents is 1. The van der Waals surface area contributed by atoms with Crippen molar-refractivity contribution in [1.82, 2.24) is 10.6 Å². The minimum Gasteiger partial charge on any atom is -0.486 e. The van der Waals surface area contributed by atoms with Crippen LogP contribution in [0.3, 0.4) is 0 Å². The van der Waals surface area contributed by atoms with Crippen LogP contribution in [0, 0.1) is 10.1 Å². The Morgan fingerprint density at radius 1 is 1.21 bits per heavy atom. The molecule has 0 radical (unpaired) electrons. The average molecular weight is 498 g/mol. The summed E-state index contributed by atoms with van der Waals surface area (Å²) in [5, 5.41) is 17.3. The molecule has 2 aromatic rings.